The molecule has 140 valence electrons. The van der Waals surface area contributed by atoms with Gasteiger partial charge in [0.1, 0.15) is 0 Å². The predicted molar refractivity (Wildman–Crippen MR) is 103 cm³/mol. The summed E-state index contributed by atoms with van der Waals surface area (Å²) in [5.41, 5.74) is 4.64. The molecule has 0 saturated heterocycles. The first-order chi connectivity index (χ1) is 12.7. The lowest BCUT2D eigenvalue weighted by atomic mass is 9.83. The van der Waals surface area contributed by atoms with E-state index in [2.05, 4.69) is 45.9 Å². The molecule has 0 unspecified atom stereocenters. The molecule has 0 atom stereocenters. The number of fused-ring (bicyclic) bond motifs is 1. The van der Waals surface area contributed by atoms with Crippen molar-refractivity contribution >= 4 is 5.95 Å². The van der Waals surface area contributed by atoms with Crippen molar-refractivity contribution in [3.63, 3.8) is 0 Å². The Balaban J connectivity index is 1.42. The SMILES string of the molecule is CCCN1CCCn2nc(CNc3nc(C)cc(C4CCC4)n3)cc2C1. The molecule has 0 radical (unpaired) electrons. The number of aryl methyl sites for hydroxylation is 2. The minimum atomic E-state index is 0.630. The molecule has 0 aromatic carbocycles. The van der Waals surface area contributed by atoms with Gasteiger partial charge in [-0.25, -0.2) is 9.97 Å². The first-order valence-electron chi connectivity index (χ1n) is 10.1. The Morgan fingerprint density at radius 3 is 2.81 bits per heavy atom. The van der Waals surface area contributed by atoms with Gasteiger partial charge in [0.2, 0.25) is 5.95 Å². The lowest BCUT2D eigenvalue weighted by molar-refractivity contribution is 0.270. The van der Waals surface area contributed by atoms with E-state index in [4.69, 9.17) is 10.1 Å². The van der Waals surface area contributed by atoms with Crippen molar-refractivity contribution in [2.75, 3.05) is 18.4 Å². The average Bonchev–Trinajstić information content (AvgIpc) is 2.83. The van der Waals surface area contributed by atoms with Crippen molar-refractivity contribution in [1.82, 2.24) is 24.6 Å². The van der Waals surface area contributed by atoms with Crippen LogP contribution in [0.5, 0.6) is 0 Å². The minimum absolute atomic E-state index is 0.630. The summed E-state index contributed by atoms with van der Waals surface area (Å²) >= 11 is 0. The van der Waals surface area contributed by atoms with Crippen LogP contribution in [0, 0.1) is 6.92 Å². The fourth-order valence-corrected chi connectivity index (χ4v) is 3.94. The van der Waals surface area contributed by atoms with Crippen LogP contribution in [0.2, 0.25) is 0 Å². The molecular formula is C20H30N6. The largest absolute Gasteiger partial charge is 0.348 e. The summed E-state index contributed by atoms with van der Waals surface area (Å²) in [7, 11) is 0. The molecule has 0 bridgehead atoms. The van der Waals surface area contributed by atoms with Crippen LogP contribution in [-0.2, 0) is 19.6 Å². The third kappa shape index (κ3) is 3.90. The maximum Gasteiger partial charge on any atom is 0.223 e. The van der Waals surface area contributed by atoms with Crippen molar-refractivity contribution < 1.29 is 0 Å². The number of hydrogen-bond acceptors (Lipinski definition) is 5. The van der Waals surface area contributed by atoms with Crippen LogP contribution < -0.4 is 5.32 Å². The highest BCUT2D eigenvalue weighted by Crippen LogP contribution is 2.35. The fourth-order valence-electron chi connectivity index (χ4n) is 3.94. The van der Waals surface area contributed by atoms with E-state index in [1.807, 2.05) is 0 Å². The molecule has 1 aliphatic heterocycles. The maximum atomic E-state index is 4.80. The zero-order valence-electron chi connectivity index (χ0n) is 16.0. The molecule has 4 rings (SSSR count). The molecule has 6 nitrogen and oxygen atoms in total. The van der Waals surface area contributed by atoms with Crippen LogP contribution in [-0.4, -0.2) is 37.7 Å². The van der Waals surface area contributed by atoms with Crippen LogP contribution in [0.25, 0.3) is 0 Å². The molecule has 1 N–H and O–H groups in total. The molecule has 1 saturated carbocycles. The summed E-state index contributed by atoms with van der Waals surface area (Å²) in [6, 6.07) is 4.37. The van der Waals surface area contributed by atoms with E-state index in [-0.39, 0.29) is 0 Å². The van der Waals surface area contributed by atoms with E-state index in [0.717, 1.165) is 30.4 Å². The Hall–Kier alpha value is -1.95. The van der Waals surface area contributed by atoms with Crippen molar-refractivity contribution in [3.8, 4) is 0 Å². The second-order valence-corrected chi connectivity index (χ2v) is 7.72. The van der Waals surface area contributed by atoms with E-state index in [9.17, 15) is 0 Å². The molecular weight excluding hydrogens is 324 g/mol. The summed E-state index contributed by atoms with van der Waals surface area (Å²) in [5, 5.41) is 8.19. The van der Waals surface area contributed by atoms with Gasteiger partial charge in [-0.2, -0.15) is 5.10 Å². The van der Waals surface area contributed by atoms with Crippen LogP contribution >= 0.6 is 0 Å². The van der Waals surface area contributed by atoms with Crippen molar-refractivity contribution in [2.45, 2.75) is 71.5 Å². The molecule has 26 heavy (non-hydrogen) atoms. The summed E-state index contributed by atoms with van der Waals surface area (Å²) in [6.07, 6.45) is 6.23. The number of nitrogens with zero attached hydrogens (tertiary/aromatic N) is 5. The molecule has 2 aliphatic rings. The van der Waals surface area contributed by atoms with Gasteiger partial charge in [-0.05, 0) is 51.3 Å². The quantitative estimate of drug-likeness (QED) is 0.861. The Labute approximate surface area is 156 Å². The van der Waals surface area contributed by atoms with Crippen LogP contribution in [0.3, 0.4) is 0 Å². The molecule has 0 amide bonds. The van der Waals surface area contributed by atoms with Gasteiger partial charge in [-0.15, -0.1) is 0 Å². The van der Waals surface area contributed by atoms with Crippen LogP contribution in [0.4, 0.5) is 5.95 Å². The highest BCUT2D eigenvalue weighted by molar-refractivity contribution is 5.31. The third-order valence-corrected chi connectivity index (χ3v) is 5.51. The Bertz CT molecular complexity index is 749. The summed E-state index contributed by atoms with van der Waals surface area (Å²) < 4.78 is 2.18. The average molecular weight is 355 g/mol. The van der Waals surface area contributed by atoms with Crippen molar-refractivity contribution in [1.29, 1.82) is 0 Å². The standard InChI is InChI=1S/C20H30N6/c1-3-8-25-9-5-10-26-18(14-25)12-17(24-26)13-21-20-22-15(2)11-19(23-20)16-6-4-7-16/h11-12,16H,3-10,13-14H2,1-2H3,(H,21,22,23). The highest BCUT2D eigenvalue weighted by atomic mass is 15.3. The molecule has 2 aromatic heterocycles. The number of hydrogen-bond donors (Lipinski definition) is 1. The van der Waals surface area contributed by atoms with Gasteiger partial charge >= 0.3 is 0 Å². The topological polar surface area (TPSA) is 58.9 Å². The number of nitrogens with one attached hydrogen (secondary N) is 1. The third-order valence-electron chi connectivity index (χ3n) is 5.51. The van der Waals surface area contributed by atoms with Gasteiger partial charge < -0.3 is 5.32 Å². The summed E-state index contributed by atoms with van der Waals surface area (Å²) in [6.45, 7) is 9.34. The van der Waals surface area contributed by atoms with Crippen LogP contribution in [0.15, 0.2) is 12.1 Å². The Morgan fingerprint density at radius 2 is 2.04 bits per heavy atom. The molecule has 2 aromatic rings. The summed E-state index contributed by atoms with van der Waals surface area (Å²) in [5.74, 6) is 1.37. The molecule has 6 heteroatoms. The zero-order valence-corrected chi connectivity index (χ0v) is 16.0. The summed E-state index contributed by atoms with van der Waals surface area (Å²) in [4.78, 5) is 11.8. The van der Waals surface area contributed by atoms with E-state index >= 15 is 0 Å². The molecule has 1 aliphatic carbocycles. The van der Waals surface area contributed by atoms with Gasteiger partial charge in [0.05, 0.1) is 17.9 Å². The lowest BCUT2D eigenvalue weighted by Crippen LogP contribution is -2.23. The fraction of sp³-hybridized carbons (Fsp3) is 0.650. The Kier molecular flexibility index (Phi) is 5.20. The smallest absolute Gasteiger partial charge is 0.223 e. The van der Waals surface area contributed by atoms with Gasteiger partial charge in [-0.1, -0.05) is 13.3 Å². The lowest BCUT2D eigenvalue weighted by Gasteiger charge is -2.25. The number of aromatic nitrogens is 4. The van der Waals surface area contributed by atoms with Gasteiger partial charge in [0, 0.05) is 36.9 Å². The van der Waals surface area contributed by atoms with Crippen LogP contribution in [0.1, 0.15) is 67.7 Å². The Morgan fingerprint density at radius 1 is 1.15 bits per heavy atom. The minimum Gasteiger partial charge on any atom is -0.348 e. The molecule has 1 fully saturated rings. The van der Waals surface area contributed by atoms with E-state index < -0.39 is 0 Å². The number of anilines is 1. The second kappa shape index (κ2) is 7.74. The zero-order chi connectivity index (χ0) is 17.9. The van der Waals surface area contributed by atoms with Gasteiger partial charge in [0.15, 0.2) is 0 Å². The number of rotatable bonds is 6. The first kappa shape index (κ1) is 17.5. The van der Waals surface area contributed by atoms with E-state index in [0.29, 0.717) is 12.5 Å². The monoisotopic (exact) mass is 354 g/mol. The highest BCUT2D eigenvalue weighted by Gasteiger charge is 2.22. The predicted octanol–water partition coefficient (Wildman–Crippen LogP) is 3.48. The van der Waals surface area contributed by atoms with E-state index in [1.54, 1.807) is 0 Å². The van der Waals surface area contributed by atoms with Crippen molar-refractivity contribution in [3.05, 3.63) is 34.9 Å². The van der Waals surface area contributed by atoms with Gasteiger partial charge in [0.25, 0.3) is 0 Å². The van der Waals surface area contributed by atoms with E-state index in [1.165, 1.54) is 56.6 Å². The molecule has 3 heterocycles. The first-order valence-corrected chi connectivity index (χ1v) is 10.1. The maximum absolute atomic E-state index is 4.80. The van der Waals surface area contributed by atoms with Gasteiger partial charge in [-0.3, -0.25) is 9.58 Å². The second-order valence-electron chi connectivity index (χ2n) is 7.72. The van der Waals surface area contributed by atoms with Crippen molar-refractivity contribution in [2.24, 2.45) is 0 Å². The molecule has 0 spiro atoms. The normalized spacial score (nSPS) is 18.2.